The lowest BCUT2D eigenvalue weighted by atomic mass is 9.12. The molecule has 9 rings (SSSR count). The van der Waals surface area contributed by atoms with Crippen molar-refractivity contribution in [2.24, 2.45) is 0 Å². The van der Waals surface area contributed by atoms with Crippen LogP contribution in [0.25, 0.3) is 21.5 Å². The molecular weight excluding hydrogens is 1050 g/mol. The van der Waals surface area contributed by atoms with E-state index < -0.39 is 150 Å². The normalized spacial score (nSPS) is 11.6. The van der Waals surface area contributed by atoms with Crippen molar-refractivity contribution in [3.8, 4) is 5.75 Å². The van der Waals surface area contributed by atoms with Crippen LogP contribution >= 0.6 is 0 Å². The summed E-state index contributed by atoms with van der Waals surface area (Å²) in [7, 11) is 0. The average Bonchev–Trinajstić information content (AvgIpc) is 3.41. The molecule has 0 aliphatic carbocycles. The fourth-order valence-corrected chi connectivity index (χ4v) is 8.61. The van der Waals surface area contributed by atoms with Crippen LogP contribution in [-0.4, -0.2) is 17.1 Å². The van der Waals surface area contributed by atoms with Gasteiger partial charge in [-0.15, -0.1) is 21.9 Å². The Labute approximate surface area is 405 Å². The van der Waals surface area contributed by atoms with Gasteiger partial charge in [0.1, 0.15) is 64.6 Å². The summed E-state index contributed by atoms with van der Waals surface area (Å²) in [4.78, 5) is 17.3. The van der Waals surface area contributed by atoms with Crippen molar-refractivity contribution in [1.82, 2.24) is 4.98 Å². The summed E-state index contributed by atoms with van der Waals surface area (Å²) < 4.78 is 302. The number of fused-ring (bicyclic) bond motifs is 3. The summed E-state index contributed by atoms with van der Waals surface area (Å²) in [5.74, 6) is -71.3. The lowest BCUT2D eigenvalue weighted by Crippen LogP contribution is -2.81. The number of benzene rings is 8. The van der Waals surface area contributed by atoms with Crippen LogP contribution in [0.15, 0.2) is 104 Å². The van der Waals surface area contributed by atoms with Gasteiger partial charge in [0.15, 0.2) is 82.5 Å². The molecule has 0 N–H and O–H groups in total. The Morgan fingerprint density at radius 2 is 0.747 bits per heavy atom. The molecule has 0 saturated carbocycles. The Kier molecular flexibility index (Phi) is 14.1. The summed E-state index contributed by atoms with van der Waals surface area (Å²) >= 11 is 0. The van der Waals surface area contributed by atoms with Crippen molar-refractivity contribution < 1.29 is 102 Å². The Morgan fingerprint density at radius 1 is 0.413 bits per heavy atom. The minimum Gasteiger partial charge on any atom is -0.418 e. The van der Waals surface area contributed by atoms with Crippen LogP contribution in [0, 0.1) is 116 Å². The molecule has 0 bridgehead atoms. The molecule has 0 saturated heterocycles. The number of carbonyl (C=O) groups is 1. The first kappa shape index (κ1) is 52.8. The topological polar surface area (TPSA) is 43.1 Å². The quantitative estimate of drug-likeness (QED) is 0.0223. The third-order valence-electron chi connectivity index (χ3n) is 11.9. The smallest absolute Gasteiger partial charge is 0.410 e. The maximum absolute atomic E-state index is 15.4. The van der Waals surface area contributed by atoms with E-state index in [1.54, 1.807) is 18.6 Å². The number of nitrogens with zero attached hydrogens (tertiary/aromatic N) is 2. The highest BCUT2D eigenvalue weighted by Crippen LogP contribution is 2.35. The molecule has 1 aromatic heterocycles. The molecule has 0 aliphatic rings. The second-order valence-corrected chi connectivity index (χ2v) is 15.9. The molecule has 0 radical (unpaired) electrons. The van der Waals surface area contributed by atoms with Crippen LogP contribution in [0.2, 0.25) is 0 Å². The Morgan fingerprint density at radius 3 is 1.15 bits per heavy atom. The number of hydrogen-bond acceptors (Lipinski definition) is 3. The van der Waals surface area contributed by atoms with Gasteiger partial charge in [-0.2, -0.15) is 4.57 Å². The van der Waals surface area contributed by atoms with Crippen molar-refractivity contribution in [3.05, 3.63) is 231 Å². The van der Waals surface area contributed by atoms with Gasteiger partial charge in [0.05, 0.1) is 6.20 Å². The summed E-state index contributed by atoms with van der Waals surface area (Å²) in [6.07, 6.45) is -2.20. The maximum Gasteiger partial charge on any atom is 0.410 e. The molecule has 8 aromatic carbocycles. The van der Waals surface area contributed by atoms with E-state index in [1.165, 1.54) is 0 Å². The van der Waals surface area contributed by atoms with Gasteiger partial charge in [0, 0.05) is 10.9 Å². The van der Waals surface area contributed by atoms with Crippen LogP contribution in [0.4, 0.5) is 87.8 Å². The van der Waals surface area contributed by atoms with E-state index >= 15 is 35.1 Å². The van der Waals surface area contributed by atoms with Gasteiger partial charge in [-0.05, 0) is 22.2 Å². The van der Waals surface area contributed by atoms with Gasteiger partial charge in [0.2, 0.25) is 0 Å². The van der Waals surface area contributed by atoms with Crippen molar-refractivity contribution in [2.45, 2.75) is 6.54 Å². The first-order valence-corrected chi connectivity index (χ1v) is 20.7. The zero-order chi connectivity index (χ0) is 54.7. The molecule has 0 spiro atoms. The summed E-state index contributed by atoms with van der Waals surface area (Å²) in [6, 6.07) is 28.0. The molecule has 0 atom stereocenters. The number of carbonyl (C=O) groups excluding carboxylic acids is 1. The minimum atomic E-state index is -7.22. The lowest BCUT2D eigenvalue weighted by molar-refractivity contribution is -0.691. The van der Waals surface area contributed by atoms with Gasteiger partial charge in [0.25, 0.3) is 0 Å². The molecule has 75 heavy (non-hydrogen) atoms. The Hall–Kier alpha value is -8.51. The second-order valence-electron chi connectivity index (χ2n) is 15.9. The van der Waals surface area contributed by atoms with Gasteiger partial charge in [-0.1, -0.05) is 78.9 Å². The number of hydrogen-bond donors (Lipinski definition) is 0. The van der Waals surface area contributed by atoms with E-state index in [0.717, 1.165) is 27.1 Å². The predicted molar refractivity (Wildman–Crippen MR) is 226 cm³/mol. The van der Waals surface area contributed by atoms with Crippen LogP contribution in [-0.2, 0) is 6.54 Å². The van der Waals surface area contributed by atoms with Gasteiger partial charge in [-0.3, -0.25) is 4.98 Å². The van der Waals surface area contributed by atoms with Gasteiger partial charge in [-0.25, -0.2) is 92.6 Å². The number of aromatic nitrogens is 2. The molecule has 0 amide bonds. The molecule has 0 unspecified atom stereocenters. The van der Waals surface area contributed by atoms with E-state index in [2.05, 4.69) is 17.1 Å². The first-order valence-electron chi connectivity index (χ1n) is 20.7. The second kappa shape index (κ2) is 20.1. The summed E-state index contributed by atoms with van der Waals surface area (Å²) in [5, 5.41) is 4.13. The van der Waals surface area contributed by atoms with E-state index in [9.17, 15) is 57.5 Å². The molecule has 0 aliphatic heterocycles. The highest BCUT2D eigenvalue weighted by molar-refractivity contribution is 7.20. The summed E-state index contributed by atoms with van der Waals surface area (Å²) in [6.45, 7) is 0.562. The van der Waals surface area contributed by atoms with E-state index in [4.69, 9.17) is 4.74 Å². The molecule has 25 heteroatoms. The van der Waals surface area contributed by atoms with Crippen LogP contribution in [0.3, 0.4) is 0 Å². The lowest BCUT2D eigenvalue weighted by Gasteiger charge is -2.44. The maximum atomic E-state index is 15.4. The fraction of sp³-hybridized carbons (Fsp3) is 0.0200. The van der Waals surface area contributed by atoms with Crippen LogP contribution < -0.4 is 31.2 Å². The summed E-state index contributed by atoms with van der Waals surface area (Å²) in [5.41, 5.74) is -12.8. The average molecular weight is 1070 g/mol. The predicted octanol–water partition coefficient (Wildman–Crippen LogP) is 10.8. The third kappa shape index (κ3) is 8.48. The van der Waals surface area contributed by atoms with Crippen LogP contribution in [0.5, 0.6) is 5.75 Å². The zero-order valence-corrected chi connectivity index (χ0v) is 36.4. The highest BCUT2D eigenvalue weighted by Gasteiger charge is 2.52. The minimum absolute atomic E-state index is 0.401. The fourth-order valence-electron chi connectivity index (χ4n) is 8.61. The van der Waals surface area contributed by atoms with E-state index in [1.807, 2.05) is 77.4 Å². The van der Waals surface area contributed by atoms with E-state index in [-0.39, 0.29) is 0 Å². The van der Waals surface area contributed by atoms with Crippen LogP contribution in [0.1, 0.15) is 16.1 Å². The third-order valence-corrected chi connectivity index (χ3v) is 11.9. The number of ether oxygens (including phenoxy) is 1. The SMILES string of the molecule is Fc1c(F)c(F)c([B-](c2c(F)c(F)c(F)c(F)c2F)(c2c(F)c(F)c(F)c(F)c2F)c2c(F)c(F)c(F)c(F)c2F)c(F)c1F.O=C(Oc1cc2ccccc2c2ccccc12)c1cncc[n+]1Cc1ccccc1. The van der Waals surface area contributed by atoms with E-state index in [0.29, 0.717) is 18.0 Å². The van der Waals surface area contributed by atoms with Crippen molar-refractivity contribution in [3.63, 3.8) is 0 Å². The molecular formula is C50H19BF20N2O2. The molecule has 4 nitrogen and oxygen atoms in total. The van der Waals surface area contributed by atoms with Crippen molar-refractivity contribution in [2.75, 3.05) is 0 Å². The number of halogens is 20. The van der Waals surface area contributed by atoms with Crippen molar-refractivity contribution >= 4 is 55.5 Å². The first-order chi connectivity index (χ1) is 35.5. The van der Waals surface area contributed by atoms with Gasteiger partial charge >= 0.3 is 11.7 Å². The Balaban J connectivity index is 0.000000215. The van der Waals surface area contributed by atoms with Crippen molar-refractivity contribution in [1.29, 1.82) is 0 Å². The molecule has 1 heterocycles. The molecule has 0 fully saturated rings. The largest absolute Gasteiger partial charge is 0.418 e. The number of esters is 1. The standard InChI is InChI=1S/C26H19N2O2.C24BF20/c29-26(24-17-27-14-15-28(24)18-19-8-2-1-3-9-19)30-25-16-20-10-4-5-11-21(20)22-12-6-7-13-23(22)25;26-5-1(6(27)14(35)21(42)13(5)34)25(2-7(28)15(36)22(43)16(37)8(2)29,3-9(30)17(38)23(44)18(39)10(3)31)4-11(32)19(40)24(45)20(41)12(4)33/h1-17H,18H2;/q+1;-1. The Bertz CT molecular complexity index is 3440. The zero-order valence-electron chi connectivity index (χ0n) is 36.4. The number of rotatable bonds is 8. The molecule has 9 aromatic rings. The monoisotopic (exact) mass is 1070 g/mol. The molecule has 384 valence electrons. The van der Waals surface area contributed by atoms with Gasteiger partial charge < -0.3 is 4.74 Å². The highest BCUT2D eigenvalue weighted by atomic mass is 19.2.